The zero-order valence-corrected chi connectivity index (χ0v) is 19.6. The molecule has 1 N–H and O–H groups in total. The molecule has 1 aliphatic rings. The van der Waals surface area contributed by atoms with Crippen molar-refractivity contribution in [1.82, 2.24) is 9.62 Å². The van der Waals surface area contributed by atoms with E-state index in [0.29, 0.717) is 26.2 Å². The third kappa shape index (κ3) is 5.99. The van der Waals surface area contributed by atoms with Gasteiger partial charge in [-0.05, 0) is 56.5 Å². The van der Waals surface area contributed by atoms with Crippen molar-refractivity contribution in [3.63, 3.8) is 0 Å². The molecule has 0 radical (unpaired) electrons. The van der Waals surface area contributed by atoms with E-state index in [2.05, 4.69) is 5.32 Å². The van der Waals surface area contributed by atoms with Gasteiger partial charge in [0.05, 0.1) is 11.6 Å². The van der Waals surface area contributed by atoms with Gasteiger partial charge < -0.3 is 10.1 Å². The largest absolute Gasteiger partial charge is 0.491 e. The molecule has 8 heteroatoms. The zero-order chi connectivity index (χ0) is 22.4. The van der Waals surface area contributed by atoms with Gasteiger partial charge in [0.15, 0.2) is 0 Å². The van der Waals surface area contributed by atoms with E-state index < -0.39 is 10.0 Å². The maximum Gasteiger partial charge on any atom is 0.251 e. The number of hydrogen-bond donors (Lipinski definition) is 1. The van der Waals surface area contributed by atoms with Gasteiger partial charge in [-0.2, -0.15) is 4.31 Å². The molecule has 0 aromatic heterocycles. The fourth-order valence-electron chi connectivity index (χ4n) is 3.65. The lowest BCUT2D eigenvalue weighted by Crippen LogP contribution is -2.32. The summed E-state index contributed by atoms with van der Waals surface area (Å²) in [5.74, 6) is 0.408. The molecule has 1 aliphatic heterocycles. The minimum absolute atomic E-state index is 0.0183. The number of hydrogen-bond acceptors (Lipinski definition) is 4. The van der Waals surface area contributed by atoms with E-state index in [1.807, 2.05) is 32.0 Å². The summed E-state index contributed by atoms with van der Waals surface area (Å²) in [6.45, 7) is 5.55. The van der Waals surface area contributed by atoms with E-state index in [9.17, 15) is 13.2 Å². The molecule has 0 spiro atoms. The number of sulfonamides is 1. The van der Waals surface area contributed by atoms with Crippen molar-refractivity contribution in [1.29, 1.82) is 0 Å². The van der Waals surface area contributed by atoms with Crippen LogP contribution in [-0.4, -0.2) is 44.9 Å². The maximum absolute atomic E-state index is 13.1. The summed E-state index contributed by atoms with van der Waals surface area (Å²) < 4.78 is 33.4. The molecule has 6 nitrogen and oxygen atoms in total. The number of nitrogens with one attached hydrogen (secondary N) is 1. The minimum Gasteiger partial charge on any atom is -0.491 e. The second-order valence-electron chi connectivity index (χ2n) is 7.84. The molecule has 3 rings (SSSR count). The molecule has 1 heterocycles. The first-order chi connectivity index (χ1) is 14.8. The molecular weight excluding hydrogens is 436 g/mol. The van der Waals surface area contributed by atoms with E-state index >= 15 is 0 Å². The summed E-state index contributed by atoms with van der Waals surface area (Å²) in [6.07, 6.45) is 3.70. The molecule has 1 fully saturated rings. The summed E-state index contributed by atoms with van der Waals surface area (Å²) in [5, 5.41) is 2.90. The van der Waals surface area contributed by atoms with E-state index in [1.165, 1.54) is 22.5 Å². The molecular formula is C23H29ClN2O4S. The first kappa shape index (κ1) is 23.6. The van der Waals surface area contributed by atoms with Gasteiger partial charge in [-0.1, -0.05) is 42.1 Å². The van der Waals surface area contributed by atoms with Crippen LogP contribution in [0.25, 0.3) is 0 Å². The summed E-state index contributed by atoms with van der Waals surface area (Å²) in [4.78, 5) is 12.6. The molecule has 1 amide bonds. The number of ether oxygens (including phenoxy) is 1. The van der Waals surface area contributed by atoms with Crippen LogP contribution in [0.4, 0.5) is 0 Å². The van der Waals surface area contributed by atoms with Gasteiger partial charge in [0, 0.05) is 18.7 Å². The van der Waals surface area contributed by atoms with Crippen LogP contribution < -0.4 is 10.1 Å². The highest BCUT2D eigenvalue weighted by molar-refractivity contribution is 7.89. The lowest BCUT2D eigenvalue weighted by Gasteiger charge is -2.21. The van der Waals surface area contributed by atoms with Crippen LogP contribution in [0.3, 0.4) is 0 Å². The molecule has 0 saturated carbocycles. The van der Waals surface area contributed by atoms with Crippen molar-refractivity contribution >= 4 is 27.5 Å². The standard InChI is InChI=1S/C23H29ClN2O4S/c1-17-7-10-21(18(2)15-17)30-14-11-25-23(27)19-8-9-20(24)22(16-19)31(28,29)26-12-5-3-4-6-13-26/h7-10,15-16H,3-6,11-14H2,1-2H3,(H,25,27). The van der Waals surface area contributed by atoms with Crippen molar-refractivity contribution in [2.45, 2.75) is 44.4 Å². The second kappa shape index (κ2) is 10.5. The Morgan fingerprint density at radius 3 is 2.45 bits per heavy atom. The van der Waals surface area contributed by atoms with Gasteiger partial charge in [0.25, 0.3) is 5.91 Å². The van der Waals surface area contributed by atoms with Crippen molar-refractivity contribution in [2.24, 2.45) is 0 Å². The van der Waals surface area contributed by atoms with E-state index in [-0.39, 0.29) is 21.4 Å². The monoisotopic (exact) mass is 464 g/mol. The topological polar surface area (TPSA) is 75.7 Å². The first-order valence-corrected chi connectivity index (χ1v) is 12.4. The Kier molecular flexibility index (Phi) is 7.97. The number of benzene rings is 2. The van der Waals surface area contributed by atoms with Crippen molar-refractivity contribution < 1.29 is 17.9 Å². The molecule has 31 heavy (non-hydrogen) atoms. The fourth-order valence-corrected chi connectivity index (χ4v) is 5.67. The number of amides is 1. The Morgan fingerprint density at radius 2 is 1.77 bits per heavy atom. The predicted molar refractivity (Wildman–Crippen MR) is 122 cm³/mol. The van der Waals surface area contributed by atoms with Crippen LogP contribution in [0.2, 0.25) is 5.02 Å². The first-order valence-electron chi connectivity index (χ1n) is 10.6. The quantitative estimate of drug-likeness (QED) is 0.619. The number of carbonyl (C=O) groups excluding carboxylic acids is 1. The number of aryl methyl sites for hydroxylation is 2. The number of carbonyl (C=O) groups is 1. The van der Waals surface area contributed by atoms with Crippen molar-refractivity contribution in [3.05, 3.63) is 58.1 Å². The van der Waals surface area contributed by atoms with Gasteiger partial charge in [0.2, 0.25) is 10.0 Å². The SMILES string of the molecule is Cc1ccc(OCCNC(=O)c2ccc(Cl)c(S(=O)(=O)N3CCCCCC3)c2)c(C)c1. The van der Waals surface area contributed by atoms with Crippen LogP contribution in [0.15, 0.2) is 41.3 Å². The summed E-state index contributed by atoms with van der Waals surface area (Å²) in [6, 6.07) is 10.3. The molecule has 2 aromatic carbocycles. The van der Waals surface area contributed by atoms with Crippen molar-refractivity contribution in [3.8, 4) is 5.75 Å². The Hall–Kier alpha value is -2.09. The molecule has 0 aliphatic carbocycles. The second-order valence-corrected chi connectivity index (χ2v) is 10.2. The third-order valence-corrected chi connectivity index (χ3v) is 7.73. The van der Waals surface area contributed by atoms with Crippen LogP contribution in [0, 0.1) is 13.8 Å². The van der Waals surface area contributed by atoms with E-state index in [0.717, 1.165) is 42.6 Å². The normalized spacial score (nSPS) is 15.3. The zero-order valence-electron chi connectivity index (χ0n) is 18.0. The van der Waals surface area contributed by atoms with Gasteiger partial charge in [-0.3, -0.25) is 4.79 Å². The Labute approximate surface area is 189 Å². The Bertz CT molecular complexity index is 1030. The lowest BCUT2D eigenvalue weighted by atomic mass is 10.1. The fraction of sp³-hybridized carbons (Fsp3) is 0.435. The highest BCUT2D eigenvalue weighted by Gasteiger charge is 2.28. The third-order valence-electron chi connectivity index (χ3n) is 5.35. The van der Waals surface area contributed by atoms with Gasteiger partial charge in [-0.25, -0.2) is 8.42 Å². The van der Waals surface area contributed by atoms with E-state index in [4.69, 9.17) is 16.3 Å². The lowest BCUT2D eigenvalue weighted by molar-refractivity contribution is 0.0946. The molecule has 168 valence electrons. The average molecular weight is 465 g/mol. The molecule has 1 saturated heterocycles. The van der Waals surface area contributed by atoms with Crippen molar-refractivity contribution in [2.75, 3.05) is 26.2 Å². The van der Waals surface area contributed by atoms with Gasteiger partial charge >= 0.3 is 0 Å². The predicted octanol–water partition coefficient (Wildman–Crippen LogP) is 4.33. The Morgan fingerprint density at radius 1 is 1.06 bits per heavy atom. The number of nitrogens with zero attached hydrogens (tertiary/aromatic N) is 1. The number of halogens is 1. The highest BCUT2D eigenvalue weighted by atomic mass is 35.5. The van der Waals surface area contributed by atoms with Gasteiger partial charge in [0.1, 0.15) is 17.3 Å². The maximum atomic E-state index is 13.1. The molecule has 2 aromatic rings. The average Bonchev–Trinajstić information content (AvgIpc) is 3.02. The minimum atomic E-state index is -3.74. The van der Waals surface area contributed by atoms with E-state index in [1.54, 1.807) is 0 Å². The summed E-state index contributed by atoms with van der Waals surface area (Å²) in [7, 11) is -3.74. The summed E-state index contributed by atoms with van der Waals surface area (Å²) >= 11 is 6.21. The molecule has 0 unspecified atom stereocenters. The number of rotatable bonds is 7. The van der Waals surface area contributed by atoms with Crippen LogP contribution >= 0.6 is 11.6 Å². The smallest absolute Gasteiger partial charge is 0.251 e. The van der Waals surface area contributed by atoms with Gasteiger partial charge in [-0.15, -0.1) is 0 Å². The van der Waals surface area contributed by atoms with Crippen LogP contribution in [0.1, 0.15) is 47.2 Å². The van der Waals surface area contributed by atoms with Crippen LogP contribution in [-0.2, 0) is 10.0 Å². The molecule has 0 atom stereocenters. The molecule has 0 bridgehead atoms. The Balaban J connectivity index is 1.64. The summed E-state index contributed by atoms with van der Waals surface area (Å²) in [5.41, 5.74) is 2.45. The van der Waals surface area contributed by atoms with Crippen LogP contribution in [0.5, 0.6) is 5.75 Å². The highest BCUT2D eigenvalue weighted by Crippen LogP contribution is 2.27.